The highest BCUT2D eigenvalue weighted by Gasteiger charge is 2.20. The van der Waals surface area contributed by atoms with E-state index in [1.165, 1.54) is 5.56 Å². The molecular formula is C18H22BrN5S. The molecule has 1 aromatic heterocycles. The van der Waals surface area contributed by atoms with Crippen LogP contribution in [0, 0.1) is 0 Å². The summed E-state index contributed by atoms with van der Waals surface area (Å²) in [7, 11) is 0. The molecule has 2 aromatic rings. The molecule has 0 spiro atoms. The fourth-order valence-electron chi connectivity index (χ4n) is 2.73. The van der Waals surface area contributed by atoms with Gasteiger partial charge in [0, 0.05) is 44.3 Å². The monoisotopic (exact) mass is 419 g/mol. The normalized spacial score (nSPS) is 14.7. The van der Waals surface area contributed by atoms with Crippen molar-refractivity contribution < 1.29 is 0 Å². The van der Waals surface area contributed by atoms with Gasteiger partial charge in [0.1, 0.15) is 0 Å². The summed E-state index contributed by atoms with van der Waals surface area (Å²) in [6.45, 7) is 7.82. The summed E-state index contributed by atoms with van der Waals surface area (Å²) in [5.74, 6) is 1.31. The Morgan fingerprint density at radius 1 is 1.08 bits per heavy atom. The van der Waals surface area contributed by atoms with Gasteiger partial charge in [-0.25, -0.2) is 9.97 Å². The minimum absolute atomic E-state index is 0.537. The number of aromatic nitrogens is 2. The van der Waals surface area contributed by atoms with Gasteiger partial charge in [0.25, 0.3) is 0 Å². The standard InChI is InChI=1S/C18H22BrN5S/c1-13(2)14-3-5-16(6-4-14)22-18(25)24-9-7-23(8-10-24)17-20-11-15(19)12-21-17/h3-6,11-13H,7-10H2,1-2H3,(H,22,25). The molecule has 0 aliphatic carbocycles. The van der Waals surface area contributed by atoms with Crippen molar-refractivity contribution in [2.24, 2.45) is 0 Å². The van der Waals surface area contributed by atoms with Crippen LogP contribution in [0.3, 0.4) is 0 Å². The molecule has 0 radical (unpaired) electrons. The molecule has 1 fully saturated rings. The highest BCUT2D eigenvalue weighted by atomic mass is 79.9. The van der Waals surface area contributed by atoms with Crippen molar-refractivity contribution in [1.82, 2.24) is 14.9 Å². The van der Waals surface area contributed by atoms with E-state index in [-0.39, 0.29) is 0 Å². The van der Waals surface area contributed by atoms with E-state index in [0.29, 0.717) is 5.92 Å². The second kappa shape index (κ2) is 8.10. The average molecular weight is 420 g/mol. The minimum Gasteiger partial charge on any atom is -0.345 e. The van der Waals surface area contributed by atoms with Crippen molar-refractivity contribution in [2.75, 3.05) is 36.4 Å². The van der Waals surface area contributed by atoms with Crippen LogP contribution in [0.1, 0.15) is 25.3 Å². The summed E-state index contributed by atoms with van der Waals surface area (Å²) in [5, 5.41) is 4.11. The van der Waals surface area contributed by atoms with E-state index in [2.05, 4.69) is 79.1 Å². The molecule has 2 heterocycles. The first-order valence-corrected chi connectivity index (χ1v) is 9.61. The number of benzene rings is 1. The lowest BCUT2D eigenvalue weighted by atomic mass is 10.0. The van der Waals surface area contributed by atoms with Crippen LogP contribution in [-0.4, -0.2) is 46.2 Å². The number of rotatable bonds is 3. The van der Waals surface area contributed by atoms with Crippen LogP contribution in [0.4, 0.5) is 11.6 Å². The molecule has 25 heavy (non-hydrogen) atoms. The Balaban J connectivity index is 1.53. The SMILES string of the molecule is CC(C)c1ccc(NC(=S)N2CCN(c3ncc(Br)cn3)CC2)cc1. The van der Waals surface area contributed by atoms with Gasteiger partial charge < -0.3 is 15.1 Å². The smallest absolute Gasteiger partial charge is 0.225 e. The third kappa shape index (κ3) is 4.67. The van der Waals surface area contributed by atoms with Crippen LogP contribution >= 0.6 is 28.1 Å². The zero-order valence-electron chi connectivity index (χ0n) is 14.4. The second-order valence-corrected chi connectivity index (χ2v) is 7.68. The summed E-state index contributed by atoms with van der Waals surface area (Å²) < 4.78 is 0.892. The lowest BCUT2D eigenvalue weighted by Gasteiger charge is -2.36. The summed E-state index contributed by atoms with van der Waals surface area (Å²) in [6, 6.07) is 8.48. The maximum absolute atomic E-state index is 5.57. The third-order valence-corrected chi connectivity index (χ3v) is 5.05. The van der Waals surface area contributed by atoms with E-state index >= 15 is 0 Å². The molecule has 1 N–H and O–H groups in total. The number of hydrogen-bond acceptors (Lipinski definition) is 4. The molecule has 1 aromatic carbocycles. The van der Waals surface area contributed by atoms with E-state index < -0.39 is 0 Å². The van der Waals surface area contributed by atoms with E-state index in [0.717, 1.165) is 47.4 Å². The number of hydrogen-bond donors (Lipinski definition) is 1. The maximum Gasteiger partial charge on any atom is 0.225 e. The molecule has 0 amide bonds. The molecule has 1 aliphatic rings. The predicted molar refractivity (Wildman–Crippen MR) is 110 cm³/mol. The number of piperazine rings is 1. The van der Waals surface area contributed by atoms with Crippen LogP contribution in [0.2, 0.25) is 0 Å². The molecule has 0 unspecified atom stereocenters. The summed E-state index contributed by atoms with van der Waals surface area (Å²) in [6.07, 6.45) is 3.56. The molecule has 3 rings (SSSR count). The predicted octanol–water partition coefficient (Wildman–Crippen LogP) is 3.88. The van der Waals surface area contributed by atoms with Crippen molar-refractivity contribution >= 4 is 44.9 Å². The Hall–Kier alpha value is -1.73. The summed E-state index contributed by atoms with van der Waals surface area (Å²) in [5.41, 5.74) is 2.37. The number of halogens is 1. The van der Waals surface area contributed by atoms with Crippen LogP contribution < -0.4 is 10.2 Å². The Morgan fingerprint density at radius 3 is 2.24 bits per heavy atom. The van der Waals surface area contributed by atoms with E-state index in [1.54, 1.807) is 12.4 Å². The minimum atomic E-state index is 0.537. The van der Waals surface area contributed by atoms with Crippen LogP contribution in [-0.2, 0) is 0 Å². The Labute approximate surface area is 162 Å². The second-order valence-electron chi connectivity index (χ2n) is 6.38. The van der Waals surface area contributed by atoms with Gasteiger partial charge in [0.15, 0.2) is 5.11 Å². The summed E-state index contributed by atoms with van der Waals surface area (Å²) in [4.78, 5) is 13.1. The highest BCUT2D eigenvalue weighted by Crippen LogP contribution is 2.18. The van der Waals surface area contributed by atoms with Gasteiger partial charge in [-0.3, -0.25) is 0 Å². The zero-order valence-corrected chi connectivity index (χ0v) is 16.8. The van der Waals surface area contributed by atoms with Gasteiger partial charge in [-0.15, -0.1) is 0 Å². The highest BCUT2D eigenvalue weighted by molar-refractivity contribution is 9.10. The molecule has 5 nitrogen and oxygen atoms in total. The van der Waals surface area contributed by atoms with Gasteiger partial charge in [-0.2, -0.15) is 0 Å². The lowest BCUT2D eigenvalue weighted by Crippen LogP contribution is -2.50. The van der Waals surface area contributed by atoms with E-state index in [9.17, 15) is 0 Å². The molecule has 0 atom stereocenters. The first kappa shape index (κ1) is 18.1. The molecule has 1 aliphatic heterocycles. The topological polar surface area (TPSA) is 44.3 Å². The van der Waals surface area contributed by atoms with Gasteiger partial charge in [-0.1, -0.05) is 26.0 Å². The molecule has 1 saturated heterocycles. The molecule has 0 bridgehead atoms. The largest absolute Gasteiger partial charge is 0.345 e. The number of anilines is 2. The molecular weight excluding hydrogens is 398 g/mol. The fourth-order valence-corrected chi connectivity index (χ4v) is 3.24. The maximum atomic E-state index is 5.57. The first-order valence-electron chi connectivity index (χ1n) is 8.41. The fraction of sp³-hybridized carbons (Fsp3) is 0.389. The molecule has 7 heteroatoms. The van der Waals surface area contributed by atoms with Crippen LogP contribution in [0.25, 0.3) is 0 Å². The molecule has 0 saturated carbocycles. The average Bonchev–Trinajstić information content (AvgIpc) is 2.63. The summed E-state index contributed by atoms with van der Waals surface area (Å²) >= 11 is 8.94. The first-order chi connectivity index (χ1) is 12.0. The van der Waals surface area contributed by atoms with E-state index in [4.69, 9.17) is 12.2 Å². The van der Waals surface area contributed by atoms with Gasteiger partial charge >= 0.3 is 0 Å². The van der Waals surface area contributed by atoms with E-state index in [1.807, 2.05) is 0 Å². The Kier molecular flexibility index (Phi) is 5.86. The third-order valence-electron chi connectivity index (χ3n) is 4.29. The molecule has 132 valence electrons. The van der Waals surface area contributed by atoms with Crippen molar-refractivity contribution in [3.63, 3.8) is 0 Å². The quantitative estimate of drug-likeness (QED) is 0.761. The van der Waals surface area contributed by atoms with Crippen molar-refractivity contribution in [3.05, 3.63) is 46.7 Å². The van der Waals surface area contributed by atoms with Crippen molar-refractivity contribution in [2.45, 2.75) is 19.8 Å². The number of thiocarbonyl (C=S) groups is 1. The van der Waals surface area contributed by atoms with Crippen LogP contribution in [0.15, 0.2) is 41.1 Å². The lowest BCUT2D eigenvalue weighted by molar-refractivity contribution is 0.388. The van der Waals surface area contributed by atoms with Crippen molar-refractivity contribution in [3.8, 4) is 0 Å². The van der Waals surface area contributed by atoms with Crippen LogP contribution in [0.5, 0.6) is 0 Å². The number of nitrogens with zero attached hydrogens (tertiary/aromatic N) is 4. The Bertz CT molecular complexity index is 709. The number of nitrogens with one attached hydrogen (secondary N) is 1. The van der Waals surface area contributed by atoms with Gasteiger partial charge in [-0.05, 0) is 51.8 Å². The van der Waals surface area contributed by atoms with Crippen molar-refractivity contribution in [1.29, 1.82) is 0 Å². The van der Waals surface area contributed by atoms with Gasteiger partial charge in [0.05, 0.1) is 4.47 Å². The van der Waals surface area contributed by atoms with Gasteiger partial charge in [0.2, 0.25) is 5.95 Å². The zero-order chi connectivity index (χ0) is 17.8. The Morgan fingerprint density at radius 2 is 1.68 bits per heavy atom.